The molecular weight excluding hydrogens is 454 g/mol. The standard InChI is InChI=1S/C27H29N7O2/c1-18(11-25-31-29-17-33(25)3)19-5-4-6-22(12-19)30-27(36)24-14-21-13-23(8-7-20(21)15-28-24)34-10-9-32(2)26(35)16-34/h4-8,12-15,17-18H,9-11,16H2,1-3H3,(H,30,36)/t18-/m0/s1. The molecule has 0 unspecified atom stereocenters. The van der Waals surface area contributed by atoms with Crippen molar-refractivity contribution in [2.75, 3.05) is 36.9 Å². The van der Waals surface area contributed by atoms with Crippen molar-refractivity contribution >= 4 is 34.0 Å². The lowest BCUT2D eigenvalue weighted by Crippen LogP contribution is -2.48. The number of carbonyl (C=O) groups is 2. The van der Waals surface area contributed by atoms with Crippen molar-refractivity contribution < 1.29 is 9.59 Å². The summed E-state index contributed by atoms with van der Waals surface area (Å²) in [7, 11) is 3.76. The number of hydrogen-bond acceptors (Lipinski definition) is 6. The molecule has 2 aromatic heterocycles. The second kappa shape index (κ2) is 9.77. The summed E-state index contributed by atoms with van der Waals surface area (Å²) in [5, 5.41) is 13.0. The lowest BCUT2D eigenvalue weighted by atomic mass is 9.97. The molecule has 0 bridgehead atoms. The molecule has 1 aliphatic heterocycles. The van der Waals surface area contributed by atoms with Crippen LogP contribution in [0.3, 0.4) is 0 Å². The van der Waals surface area contributed by atoms with Gasteiger partial charge in [0.1, 0.15) is 17.8 Å². The number of anilines is 2. The van der Waals surface area contributed by atoms with Gasteiger partial charge in [-0.1, -0.05) is 25.1 Å². The van der Waals surface area contributed by atoms with E-state index in [1.54, 1.807) is 23.5 Å². The summed E-state index contributed by atoms with van der Waals surface area (Å²) in [6, 6.07) is 15.6. The van der Waals surface area contributed by atoms with E-state index in [0.29, 0.717) is 24.5 Å². The number of rotatable bonds is 6. The minimum atomic E-state index is -0.268. The maximum Gasteiger partial charge on any atom is 0.274 e. The molecular formula is C27H29N7O2. The molecule has 0 radical (unpaired) electrons. The minimum Gasteiger partial charge on any atom is -0.360 e. The van der Waals surface area contributed by atoms with Gasteiger partial charge < -0.3 is 19.7 Å². The van der Waals surface area contributed by atoms with Crippen LogP contribution >= 0.6 is 0 Å². The third-order valence-electron chi connectivity index (χ3n) is 6.77. The van der Waals surface area contributed by atoms with Gasteiger partial charge >= 0.3 is 0 Å². The van der Waals surface area contributed by atoms with Crippen LogP contribution in [0.2, 0.25) is 0 Å². The highest BCUT2D eigenvalue weighted by atomic mass is 16.2. The molecule has 1 aliphatic rings. The molecule has 5 rings (SSSR count). The van der Waals surface area contributed by atoms with Crippen molar-refractivity contribution in [1.29, 1.82) is 0 Å². The third kappa shape index (κ3) is 4.91. The normalized spacial score (nSPS) is 14.8. The number of hydrogen-bond donors (Lipinski definition) is 1. The van der Waals surface area contributed by atoms with E-state index in [2.05, 4.69) is 38.4 Å². The highest BCUT2D eigenvalue weighted by Gasteiger charge is 2.21. The van der Waals surface area contributed by atoms with Crippen molar-refractivity contribution in [3.05, 3.63) is 78.1 Å². The van der Waals surface area contributed by atoms with Crippen molar-refractivity contribution in [3.8, 4) is 0 Å². The molecule has 1 fully saturated rings. The first-order valence-electron chi connectivity index (χ1n) is 12.0. The number of fused-ring (bicyclic) bond motifs is 1. The van der Waals surface area contributed by atoms with E-state index < -0.39 is 0 Å². The number of nitrogens with zero attached hydrogens (tertiary/aromatic N) is 6. The number of aromatic nitrogens is 4. The van der Waals surface area contributed by atoms with E-state index in [1.165, 1.54) is 0 Å². The summed E-state index contributed by atoms with van der Waals surface area (Å²) < 4.78 is 1.92. The molecule has 2 aromatic carbocycles. The Morgan fingerprint density at radius 2 is 1.94 bits per heavy atom. The lowest BCUT2D eigenvalue weighted by Gasteiger charge is -2.33. The fourth-order valence-corrected chi connectivity index (χ4v) is 4.43. The van der Waals surface area contributed by atoms with Crippen LogP contribution in [-0.2, 0) is 18.3 Å². The average molecular weight is 484 g/mol. The summed E-state index contributed by atoms with van der Waals surface area (Å²) in [4.78, 5) is 33.4. The number of amides is 2. The molecule has 0 aliphatic carbocycles. The molecule has 2 amide bonds. The zero-order valence-electron chi connectivity index (χ0n) is 20.7. The van der Waals surface area contributed by atoms with Crippen LogP contribution < -0.4 is 10.2 Å². The zero-order chi connectivity index (χ0) is 25.2. The Kier molecular flexibility index (Phi) is 6.37. The Morgan fingerprint density at radius 1 is 1.08 bits per heavy atom. The Labute approximate surface area is 209 Å². The van der Waals surface area contributed by atoms with Gasteiger partial charge in [-0.3, -0.25) is 14.6 Å². The van der Waals surface area contributed by atoms with Crippen molar-refractivity contribution in [2.45, 2.75) is 19.3 Å². The number of carbonyl (C=O) groups excluding carboxylic acids is 2. The van der Waals surface area contributed by atoms with Gasteiger partial charge in [-0.05, 0) is 47.2 Å². The van der Waals surface area contributed by atoms with Crippen molar-refractivity contribution in [2.24, 2.45) is 7.05 Å². The van der Waals surface area contributed by atoms with E-state index in [1.807, 2.05) is 55.1 Å². The van der Waals surface area contributed by atoms with Gasteiger partial charge in [0.05, 0.1) is 6.54 Å². The van der Waals surface area contributed by atoms with Crippen LogP contribution in [0.4, 0.5) is 11.4 Å². The van der Waals surface area contributed by atoms with Gasteiger partial charge in [0.2, 0.25) is 5.91 Å². The van der Waals surface area contributed by atoms with Crippen LogP contribution in [0.5, 0.6) is 0 Å². The highest BCUT2D eigenvalue weighted by molar-refractivity contribution is 6.05. The number of aryl methyl sites for hydroxylation is 1. The first-order chi connectivity index (χ1) is 17.4. The molecule has 184 valence electrons. The van der Waals surface area contributed by atoms with E-state index in [4.69, 9.17) is 0 Å². The van der Waals surface area contributed by atoms with Gasteiger partial charge in [-0.2, -0.15) is 0 Å². The Hall–Kier alpha value is -4.27. The molecule has 9 heteroatoms. The summed E-state index contributed by atoms with van der Waals surface area (Å²) in [5.74, 6) is 0.959. The fourth-order valence-electron chi connectivity index (χ4n) is 4.43. The molecule has 1 atom stereocenters. The van der Waals surface area contributed by atoms with Crippen molar-refractivity contribution in [1.82, 2.24) is 24.6 Å². The van der Waals surface area contributed by atoms with Crippen LogP contribution in [0.25, 0.3) is 10.8 Å². The van der Waals surface area contributed by atoms with Crippen LogP contribution in [-0.4, -0.2) is 63.1 Å². The van der Waals surface area contributed by atoms with E-state index in [9.17, 15) is 9.59 Å². The maximum atomic E-state index is 13.0. The van der Waals surface area contributed by atoms with E-state index in [0.717, 1.165) is 40.8 Å². The molecule has 36 heavy (non-hydrogen) atoms. The summed E-state index contributed by atoms with van der Waals surface area (Å²) in [6.45, 7) is 3.95. The Bertz CT molecular complexity index is 1430. The lowest BCUT2D eigenvalue weighted by molar-refractivity contribution is -0.129. The fraction of sp³-hybridized carbons (Fsp3) is 0.296. The summed E-state index contributed by atoms with van der Waals surface area (Å²) in [5.41, 5.74) is 3.13. The van der Waals surface area contributed by atoms with E-state index in [-0.39, 0.29) is 17.7 Å². The number of nitrogens with one attached hydrogen (secondary N) is 1. The largest absolute Gasteiger partial charge is 0.360 e. The van der Waals surface area contributed by atoms with Crippen LogP contribution in [0, 0.1) is 0 Å². The second-order valence-corrected chi connectivity index (χ2v) is 9.38. The molecule has 1 N–H and O–H groups in total. The number of pyridine rings is 1. The quantitative estimate of drug-likeness (QED) is 0.452. The van der Waals surface area contributed by atoms with Gasteiger partial charge in [-0.25, -0.2) is 0 Å². The summed E-state index contributed by atoms with van der Waals surface area (Å²) in [6.07, 6.45) is 4.16. The second-order valence-electron chi connectivity index (χ2n) is 9.38. The zero-order valence-corrected chi connectivity index (χ0v) is 20.7. The molecule has 3 heterocycles. The monoisotopic (exact) mass is 483 g/mol. The number of likely N-dealkylation sites (N-methyl/N-ethyl adjacent to an activating group) is 1. The Morgan fingerprint density at radius 3 is 2.72 bits per heavy atom. The Balaban J connectivity index is 1.31. The van der Waals surface area contributed by atoms with Gasteiger partial charge in [0.15, 0.2) is 0 Å². The van der Waals surface area contributed by atoms with E-state index >= 15 is 0 Å². The molecule has 0 saturated carbocycles. The average Bonchev–Trinajstić information content (AvgIpc) is 3.29. The minimum absolute atomic E-state index is 0.101. The molecule has 0 spiro atoms. The molecule has 1 saturated heterocycles. The predicted octanol–water partition coefficient (Wildman–Crippen LogP) is 3.24. The number of piperazine rings is 1. The van der Waals surface area contributed by atoms with Crippen molar-refractivity contribution in [3.63, 3.8) is 0 Å². The SMILES string of the molecule is C[C@@H](Cc1nncn1C)c1cccc(NC(=O)c2cc3cc(N4CCN(C)C(=O)C4)ccc3cn2)c1. The maximum absolute atomic E-state index is 13.0. The molecule has 9 nitrogen and oxygen atoms in total. The topological polar surface area (TPSA) is 96.3 Å². The first kappa shape index (κ1) is 23.5. The number of benzene rings is 2. The van der Waals surface area contributed by atoms with Crippen LogP contribution in [0.1, 0.15) is 34.7 Å². The summed E-state index contributed by atoms with van der Waals surface area (Å²) >= 11 is 0. The third-order valence-corrected chi connectivity index (χ3v) is 6.77. The highest BCUT2D eigenvalue weighted by Crippen LogP contribution is 2.25. The van der Waals surface area contributed by atoms with Gasteiger partial charge in [0, 0.05) is 56.6 Å². The van der Waals surface area contributed by atoms with Crippen LogP contribution in [0.15, 0.2) is 61.1 Å². The smallest absolute Gasteiger partial charge is 0.274 e. The molecule has 4 aromatic rings. The van der Waals surface area contributed by atoms with Gasteiger partial charge in [-0.15, -0.1) is 10.2 Å². The first-order valence-corrected chi connectivity index (χ1v) is 12.0. The predicted molar refractivity (Wildman–Crippen MR) is 139 cm³/mol. The van der Waals surface area contributed by atoms with Gasteiger partial charge in [0.25, 0.3) is 5.91 Å².